The summed E-state index contributed by atoms with van der Waals surface area (Å²) in [6, 6.07) is 23.3. The van der Waals surface area contributed by atoms with Crippen molar-refractivity contribution in [2.24, 2.45) is 9.98 Å². The number of ether oxygens (including phenoxy) is 1. The maximum absolute atomic E-state index is 5.89. The van der Waals surface area contributed by atoms with Crippen molar-refractivity contribution in [1.29, 1.82) is 0 Å². The molecule has 0 aliphatic rings. The van der Waals surface area contributed by atoms with E-state index in [-0.39, 0.29) is 0 Å². The van der Waals surface area contributed by atoms with Crippen molar-refractivity contribution in [2.45, 2.75) is 26.7 Å². The number of anilines is 2. The number of benzene rings is 2. The molecule has 0 saturated heterocycles. The van der Waals surface area contributed by atoms with Crippen molar-refractivity contribution in [3.05, 3.63) is 84.4 Å². The fraction of sp³-hybridized carbons (Fsp3) is 0.222. The highest BCUT2D eigenvalue weighted by Crippen LogP contribution is 2.24. The lowest BCUT2D eigenvalue weighted by molar-refractivity contribution is 0.483. The van der Waals surface area contributed by atoms with Crippen LogP contribution in [0.4, 0.5) is 17.3 Å². The van der Waals surface area contributed by atoms with Gasteiger partial charge in [-0.05, 0) is 68.0 Å². The molecule has 0 fully saturated rings. The lowest BCUT2D eigenvalue weighted by Crippen LogP contribution is -2.17. The number of hydrogen-bond donors (Lipinski definition) is 2. The highest BCUT2D eigenvalue weighted by molar-refractivity contribution is 6.13. The first-order valence-electron chi connectivity index (χ1n) is 11.0. The monoisotopic (exact) mass is 441 g/mol. The second kappa shape index (κ2) is 12.2. The Morgan fingerprint density at radius 2 is 1.64 bits per heavy atom. The Morgan fingerprint density at radius 3 is 2.30 bits per heavy atom. The minimum absolute atomic E-state index is 0.557. The first-order valence-corrected chi connectivity index (χ1v) is 11.0. The Balaban J connectivity index is 1.78. The fourth-order valence-electron chi connectivity index (χ4n) is 3.03. The number of hydrogen-bond acceptors (Lipinski definition) is 5. The molecule has 2 aromatic carbocycles. The van der Waals surface area contributed by atoms with Crippen molar-refractivity contribution in [3.8, 4) is 11.5 Å². The average Bonchev–Trinajstić information content (AvgIpc) is 2.85. The molecule has 1 heterocycles. The summed E-state index contributed by atoms with van der Waals surface area (Å²) in [5.41, 5.74) is 3.03. The first kappa shape index (κ1) is 23.7. The number of aromatic nitrogens is 1. The molecule has 3 rings (SSSR count). The van der Waals surface area contributed by atoms with E-state index in [4.69, 9.17) is 9.73 Å². The largest absolute Gasteiger partial charge is 0.457 e. The summed E-state index contributed by atoms with van der Waals surface area (Å²) in [6.07, 6.45) is 3.64. The van der Waals surface area contributed by atoms with Crippen LogP contribution in [-0.2, 0) is 0 Å². The highest BCUT2D eigenvalue weighted by Gasteiger charge is 2.07. The summed E-state index contributed by atoms with van der Waals surface area (Å²) in [7, 11) is 3.62. The number of nitrogens with zero attached hydrogens (tertiary/aromatic N) is 3. The molecular formula is C27H31N5O. The maximum Gasteiger partial charge on any atom is 0.133 e. The summed E-state index contributed by atoms with van der Waals surface area (Å²) in [6.45, 7) is 4.25. The van der Waals surface area contributed by atoms with Crippen LogP contribution in [0.1, 0.15) is 26.7 Å². The molecule has 3 aromatic rings. The smallest absolute Gasteiger partial charge is 0.133 e. The van der Waals surface area contributed by atoms with Gasteiger partial charge in [0, 0.05) is 26.2 Å². The number of para-hydroxylation sites is 1. The van der Waals surface area contributed by atoms with Crippen molar-refractivity contribution >= 4 is 28.9 Å². The van der Waals surface area contributed by atoms with Crippen LogP contribution in [0.15, 0.2) is 94.4 Å². The van der Waals surface area contributed by atoms with Crippen LogP contribution < -0.4 is 15.4 Å². The van der Waals surface area contributed by atoms with Gasteiger partial charge in [0.1, 0.15) is 29.0 Å². The predicted octanol–water partition coefficient (Wildman–Crippen LogP) is 6.87. The van der Waals surface area contributed by atoms with E-state index >= 15 is 0 Å². The molecule has 0 radical (unpaired) electrons. The maximum atomic E-state index is 5.89. The molecule has 33 heavy (non-hydrogen) atoms. The van der Waals surface area contributed by atoms with E-state index in [9.17, 15) is 0 Å². The third-order valence-corrected chi connectivity index (χ3v) is 4.96. The van der Waals surface area contributed by atoms with Crippen molar-refractivity contribution < 1.29 is 4.74 Å². The van der Waals surface area contributed by atoms with E-state index in [2.05, 4.69) is 40.5 Å². The molecule has 0 atom stereocenters. The van der Waals surface area contributed by atoms with E-state index in [1.807, 2.05) is 79.8 Å². The van der Waals surface area contributed by atoms with Crippen LogP contribution in [0.25, 0.3) is 0 Å². The van der Waals surface area contributed by atoms with E-state index in [1.165, 1.54) is 5.57 Å². The van der Waals surface area contributed by atoms with Gasteiger partial charge in [-0.15, -0.1) is 0 Å². The molecule has 0 saturated carbocycles. The summed E-state index contributed by atoms with van der Waals surface area (Å²) >= 11 is 0. The van der Waals surface area contributed by atoms with Crippen LogP contribution in [0.5, 0.6) is 11.5 Å². The molecule has 1 aromatic heterocycles. The molecule has 0 unspecified atom stereocenters. The van der Waals surface area contributed by atoms with Crippen LogP contribution in [0, 0.1) is 0 Å². The number of allylic oxidation sites excluding steroid dienone is 2. The van der Waals surface area contributed by atoms with E-state index in [0.717, 1.165) is 46.8 Å². The summed E-state index contributed by atoms with van der Waals surface area (Å²) in [5, 5.41) is 6.37. The molecule has 170 valence electrons. The lowest BCUT2D eigenvalue weighted by Gasteiger charge is -2.11. The third kappa shape index (κ3) is 7.61. The molecule has 6 heteroatoms. The molecule has 0 spiro atoms. The van der Waals surface area contributed by atoms with Crippen molar-refractivity contribution in [2.75, 3.05) is 24.7 Å². The van der Waals surface area contributed by atoms with Crippen LogP contribution >= 0.6 is 0 Å². The van der Waals surface area contributed by atoms with E-state index in [1.54, 1.807) is 7.05 Å². The van der Waals surface area contributed by atoms with E-state index < -0.39 is 0 Å². The molecule has 0 bridgehead atoms. The van der Waals surface area contributed by atoms with E-state index in [0.29, 0.717) is 6.42 Å². The molecule has 0 aliphatic heterocycles. The summed E-state index contributed by atoms with van der Waals surface area (Å²) < 4.78 is 5.89. The molecular weight excluding hydrogens is 410 g/mol. The second-order valence-corrected chi connectivity index (χ2v) is 7.49. The van der Waals surface area contributed by atoms with Gasteiger partial charge in [0.15, 0.2) is 0 Å². The molecule has 0 amide bonds. The lowest BCUT2D eigenvalue weighted by atomic mass is 10.1. The second-order valence-electron chi connectivity index (χ2n) is 7.49. The number of aliphatic imine (C=N–C) groups is 2. The highest BCUT2D eigenvalue weighted by atomic mass is 16.5. The minimum Gasteiger partial charge on any atom is -0.457 e. The zero-order valence-corrected chi connectivity index (χ0v) is 19.7. The first-order chi connectivity index (χ1) is 16.1. The van der Waals surface area contributed by atoms with Gasteiger partial charge in [0.05, 0.1) is 5.69 Å². The summed E-state index contributed by atoms with van der Waals surface area (Å²) in [5.74, 6) is 3.90. The Labute approximate surface area is 196 Å². The van der Waals surface area contributed by atoms with Gasteiger partial charge < -0.3 is 15.4 Å². The number of nitrogens with one attached hydrogen (secondary N) is 2. The van der Waals surface area contributed by atoms with Gasteiger partial charge in [-0.3, -0.25) is 9.98 Å². The standard InChI is InChI=1S/C27H31N5O/c1-5-20(2)18-22(19-27(29-4)32-26-13-9-12-25(28-3)31-26)30-21-14-16-24(17-15-21)33-23-10-7-6-8-11-23/h6-18H,5,19H2,1-4H3,(H2,28,29,31,32)/b20-18+,30-22?. The zero-order valence-electron chi connectivity index (χ0n) is 19.7. The number of amidine groups is 1. The number of rotatable bonds is 9. The Bertz CT molecular complexity index is 1120. The molecule has 2 N–H and O–H groups in total. The third-order valence-electron chi connectivity index (χ3n) is 4.96. The Morgan fingerprint density at radius 1 is 0.939 bits per heavy atom. The van der Waals surface area contributed by atoms with Gasteiger partial charge in [0.2, 0.25) is 0 Å². The SMILES string of the molecule is CC/C(C)=C/C(CC(=NC)Nc1cccc(NC)n1)=Nc1ccc(Oc2ccccc2)cc1. The molecule has 0 aliphatic carbocycles. The zero-order chi connectivity index (χ0) is 23.5. The van der Waals surface area contributed by atoms with Gasteiger partial charge >= 0.3 is 0 Å². The van der Waals surface area contributed by atoms with Gasteiger partial charge in [-0.25, -0.2) is 4.98 Å². The fourth-order valence-corrected chi connectivity index (χ4v) is 3.03. The van der Waals surface area contributed by atoms with Crippen LogP contribution in [0.2, 0.25) is 0 Å². The predicted molar refractivity (Wildman–Crippen MR) is 139 cm³/mol. The summed E-state index contributed by atoms with van der Waals surface area (Å²) in [4.78, 5) is 13.8. The van der Waals surface area contributed by atoms with Gasteiger partial charge in [0.25, 0.3) is 0 Å². The molecule has 6 nitrogen and oxygen atoms in total. The van der Waals surface area contributed by atoms with Gasteiger partial charge in [-0.2, -0.15) is 0 Å². The van der Waals surface area contributed by atoms with Crippen molar-refractivity contribution in [1.82, 2.24) is 4.98 Å². The van der Waals surface area contributed by atoms with Crippen molar-refractivity contribution in [3.63, 3.8) is 0 Å². The van der Waals surface area contributed by atoms with Crippen LogP contribution in [0.3, 0.4) is 0 Å². The quantitative estimate of drug-likeness (QED) is 0.281. The Kier molecular flexibility index (Phi) is 8.77. The van der Waals surface area contributed by atoms with Crippen LogP contribution in [-0.4, -0.2) is 30.6 Å². The topological polar surface area (TPSA) is 70.9 Å². The van der Waals surface area contributed by atoms with Gasteiger partial charge in [-0.1, -0.05) is 36.8 Å². The Hall–Kier alpha value is -3.93. The normalized spacial score (nSPS) is 12.4. The average molecular weight is 442 g/mol. The number of pyridine rings is 1. The minimum atomic E-state index is 0.557.